The molecule has 1 N–H and O–H groups in total. The first-order valence-electron chi connectivity index (χ1n) is 7.38. The summed E-state index contributed by atoms with van der Waals surface area (Å²) >= 11 is 0. The van der Waals surface area contributed by atoms with E-state index in [0.29, 0.717) is 0 Å². The zero-order valence-electron chi connectivity index (χ0n) is 12.6. The smallest absolute Gasteiger partial charge is 0.0637 e. The molecule has 4 heteroatoms. The topological polar surface area (TPSA) is 33.7 Å². The van der Waals surface area contributed by atoms with E-state index in [-0.39, 0.29) is 0 Å². The van der Waals surface area contributed by atoms with E-state index < -0.39 is 0 Å². The molecule has 2 rings (SSSR count). The molecule has 0 radical (unpaired) electrons. The fraction of sp³-hybridized carbons (Fsp3) is 0.625. The van der Waals surface area contributed by atoms with Crippen molar-refractivity contribution in [1.82, 2.24) is 5.32 Å². The van der Waals surface area contributed by atoms with Gasteiger partial charge in [0.2, 0.25) is 0 Å². The molecule has 0 saturated heterocycles. The summed E-state index contributed by atoms with van der Waals surface area (Å²) in [5, 5.41) is 3.54. The number of anilines is 1. The van der Waals surface area contributed by atoms with Gasteiger partial charge in [-0.2, -0.15) is 0 Å². The van der Waals surface area contributed by atoms with Crippen molar-refractivity contribution < 1.29 is 9.47 Å². The Bertz CT molecular complexity index is 369. The van der Waals surface area contributed by atoms with Crippen LogP contribution in [0.2, 0.25) is 0 Å². The van der Waals surface area contributed by atoms with Gasteiger partial charge in [-0.15, -0.1) is 0 Å². The highest BCUT2D eigenvalue weighted by atomic mass is 16.5. The minimum Gasteiger partial charge on any atom is -0.383 e. The zero-order valence-corrected chi connectivity index (χ0v) is 12.6. The lowest BCUT2D eigenvalue weighted by molar-refractivity contribution is 0.190. The summed E-state index contributed by atoms with van der Waals surface area (Å²) in [7, 11) is 3.47. The maximum absolute atomic E-state index is 5.18. The summed E-state index contributed by atoms with van der Waals surface area (Å²) in [5.74, 6) is 0. The normalized spacial score (nSPS) is 14.5. The van der Waals surface area contributed by atoms with Crippen LogP contribution in [0.15, 0.2) is 24.3 Å². The van der Waals surface area contributed by atoms with Crippen LogP contribution in [0, 0.1) is 0 Å². The molecule has 112 valence electrons. The van der Waals surface area contributed by atoms with Crippen LogP contribution in [0.5, 0.6) is 0 Å². The Labute approximate surface area is 122 Å². The lowest BCUT2D eigenvalue weighted by atomic mass is 10.2. The second kappa shape index (κ2) is 8.25. The lowest BCUT2D eigenvalue weighted by Gasteiger charge is -2.24. The standard InChI is InChI=1S/C16H26N2O2/c1-19-11-9-18(10-12-20-2)16-7-3-14(4-8-16)13-17-15-5-6-15/h3-4,7-8,15,17H,5-6,9-13H2,1-2H3. The van der Waals surface area contributed by atoms with E-state index in [9.17, 15) is 0 Å². The third kappa shape index (κ3) is 5.12. The predicted molar refractivity (Wildman–Crippen MR) is 82.3 cm³/mol. The van der Waals surface area contributed by atoms with E-state index in [1.807, 2.05) is 0 Å². The minimum absolute atomic E-state index is 0.731. The van der Waals surface area contributed by atoms with E-state index >= 15 is 0 Å². The molecule has 1 aromatic rings. The van der Waals surface area contributed by atoms with E-state index in [4.69, 9.17) is 9.47 Å². The quantitative estimate of drug-likeness (QED) is 0.710. The largest absolute Gasteiger partial charge is 0.383 e. The summed E-state index contributed by atoms with van der Waals surface area (Å²) in [6, 6.07) is 9.55. The maximum atomic E-state index is 5.18. The molecule has 4 nitrogen and oxygen atoms in total. The average Bonchev–Trinajstić information content (AvgIpc) is 3.30. The molecule has 0 amide bonds. The van der Waals surface area contributed by atoms with E-state index in [1.165, 1.54) is 24.1 Å². The summed E-state index contributed by atoms with van der Waals surface area (Å²) in [6.07, 6.45) is 2.67. The zero-order chi connectivity index (χ0) is 14.2. The number of hydrogen-bond donors (Lipinski definition) is 1. The third-order valence-corrected chi connectivity index (χ3v) is 3.60. The summed E-state index contributed by atoms with van der Waals surface area (Å²) in [4.78, 5) is 2.30. The maximum Gasteiger partial charge on any atom is 0.0637 e. The van der Waals surface area contributed by atoms with Crippen LogP contribution in [0.3, 0.4) is 0 Å². The third-order valence-electron chi connectivity index (χ3n) is 3.60. The first kappa shape index (κ1) is 15.3. The number of rotatable bonds is 10. The number of methoxy groups -OCH3 is 2. The molecule has 20 heavy (non-hydrogen) atoms. The molecule has 0 heterocycles. The first-order valence-corrected chi connectivity index (χ1v) is 7.38. The highest BCUT2D eigenvalue weighted by molar-refractivity contribution is 5.47. The number of hydrogen-bond acceptors (Lipinski definition) is 4. The van der Waals surface area contributed by atoms with Crippen molar-refractivity contribution in [2.45, 2.75) is 25.4 Å². The van der Waals surface area contributed by atoms with Crippen LogP contribution in [-0.4, -0.2) is 46.6 Å². The molecule has 1 aliphatic carbocycles. The summed E-state index contributed by atoms with van der Waals surface area (Å²) in [5.41, 5.74) is 2.58. The van der Waals surface area contributed by atoms with Gasteiger partial charge in [0.15, 0.2) is 0 Å². The van der Waals surface area contributed by atoms with Gasteiger partial charge in [-0.3, -0.25) is 0 Å². The van der Waals surface area contributed by atoms with Crippen LogP contribution in [-0.2, 0) is 16.0 Å². The lowest BCUT2D eigenvalue weighted by Crippen LogP contribution is -2.30. The first-order chi connectivity index (χ1) is 9.83. The van der Waals surface area contributed by atoms with E-state index in [0.717, 1.165) is 38.9 Å². The molecule has 1 fully saturated rings. The molecule has 0 atom stereocenters. The fourth-order valence-corrected chi connectivity index (χ4v) is 2.15. The number of benzene rings is 1. The van der Waals surface area contributed by atoms with Gasteiger partial charge < -0.3 is 19.7 Å². The van der Waals surface area contributed by atoms with Gasteiger partial charge >= 0.3 is 0 Å². The van der Waals surface area contributed by atoms with Crippen LogP contribution < -0.4 is 10.2 Å². The number of nitrogens with zero attached hydrogens (tertiary/aromatic N) is 1. The Morgan fingerprint density at radius 2 is 1.65 bits per heavy atom. The predicted octanol–water partition coefficient (Wildman–Crippen LogP) is 2.04. The van der Waals surface area contributed by atoms with Gasteiger partial charge in [0.1, 0.15) is 0 Å². The summed E-state index contributed by atoms with van der Waals surface area (Å²) < 4.78 is 10.4. The SMILES string of the molecule is COCCN(CCOC)c1ccc(CNC2CC2)cc1. The second-order valence-corrected chi connectivity index (χ2v) is 5.29. The van der Waals surface area contributed by atoms with Crippen LogP contribution in [0.4, 0.5) is 5.69 Å². The Morgan fingerprint density at radius 3 is 2.15 bits per heavy atom. The molecule has 0 aromatic heterocycles. The van der Waals surface area contributed by atoms with Gasteiger partial charge in [-0.05, 0) is 30.5 Å². The molecule has 0 bridgehead atoms. The van der Waals surface area contributed by atoms with Crippen molar-refractivity contribution in [1.29, 1.82) is 0 Å². The second-order valence-electron chi connectivity index (χ2n) is 5.29. The average molecular weight is 278 g/mol. The molecule has 1 aromatic carbocycles. The van der Waals surface area contributed by atoms with Crippen LogP contribution in [0.1, 0.15) is 18.4 Å². The Kier molecular flexibility index (Phi) is 6.30. The molecule has 0 unspecified atom stereocenters. The Morgan fingerprint density at radius 1 is 1.05 bits per heavy atom. The monoisotopic (exact) mass is 278 g/mol. The van der Waals surface area contributed by atoms with Gasteiger partial charge in [0.25, 0.3) is 0 Å². The highest BCUT2D eigenvalue weighted by Crippen LogP contribution is 2.20. The Hall–Kier alpha value is -1.10. The number of ether oxygens (including phenoxy) is 2. The minimum atomic E-state index is 0.731. The molecule has 1 saturated carbocycles. The number of nitrogens with one attached hydrogen (secondary N) is 1. The van der Waals surface area contributed by atoms with E-state index in [1.54, 1.807) is 14.2 Å². The fourth-order valence-electron chi connectivity index (χ4n) is 2.15. The van der Waals surface area contributed by atoms with Gasteiger partial charge in [-0.25, -0.2) is 0 Å². The molecular formula is C16H26N2O2. The van der Waals surface area contributed by atoms with Crippen LogP contribution in [0.25, 0.3) is 0 Å². The van der Waals surface area contributed by atoms with Crippen molar-refractivity contribution in [3.63, 3.8) is 0 Å². The molecule has 1 aliphatic rings. The summed E-state index contributed by atoms with van der Waals surface area (Å²) in [6.45, 7) is 4.21. The van der Waals surface area contributed by atoms with E-state index in [2.05, 4.69) is 34.5 Å². The van der Waals surface area contributed by atoms with Gasteiger partial charge in [0, 0.05) is 45.6 Å². The molecule has 0 aliphatic heterocycles. The van der Waals surface area contributed by atoms with Crippen molar-refractivity contribution in [2.75, 3.05) is 45.4 Å². The molecule has 0 spiro atoms. The van der Waals surface area contributed by atoms with Crippen molar-refractivity contribution in [2.24, 2.45) is 0 Å². The van der Waals surface area contributed by atoms with Crippen molar-refractivity contribution in [3.8, 4) is 0 Å². The highest BCUT2D eigenvalue weighted by Gasteiger charge is 2.19. The Balaban J connectivity index is 1.88. The van der Waals surface area contributed by atoms with Crippen molar-refractivity contribution >= 4 is 5.69 Å². The van der Waals surface area contributed by atoms with Crippen molar-refractivity contribution in [3.05, 3.63) is 29.8 Å². The van der Waals surface area contributed by atoms with Gasteiger partial charge in [-0.1, -0.05) is 12.1 Å². The van der Waals surface area contributed by atoms with Crippen LogP contribution >= 0.6 is 0 Å². The van der Waals surface area contributed by atoms with Gasteiger partial charge in [0.05, 0.1) is 13.2 Å². The molecular weight excluding hydrogens is 252 g/mol.